The van der Waals surface area contributed by atoms with Gasteiger partial charge in [-0.05, 0) is 17.7 Å². The molecular weight excluding hydrogens is 234 g/mol. The van der Waals surface area contributed by atoms with Crippen LogP contribution in [0, 0.1) is 0 Å². The molecule has 0 saturated heterocycles. The number of thioether (sulfide) groups is 1. The molecule has 3 N–H and O–H groups in total. The first-order valence-corrected chi connectivity index (χ1v) is 6.63. The Hall–Kier alpha value is -1.26. The zero-order chi connectivity index (χ0) is 12.5. The number of rotatable bonds is 7. The van der Waals surface area contributed by atoms with Crippen LogP contribution in [0.5, 0.6) is 0 Å². The van der Waals surface area contributed by atoms with Gasteiger partial charge in [0, 0.05) is 5.75 Å². The molecule has 1 atom stereocenters. The van der Waals surface area contributed by atoms with Crippen molar-refractivity contribution in [2.24, 2.45) is 5.73 Å². The van der Waals surface area contributed by atoms with Gasteiger partial charge in [0.1, 0.15) is 6.04 Å². The lowest BCUT2D eigenvalue weighted by atomic mass is 10.2. The molecule has 0 amide bonds. The lowest BCUT2D eigenvalue weighted by Crippen LogP contribution is -2.30. The van der Waals surface area contributed by atoms with Gasteiger partial charge in [0.05, 0.1) is 0 Å². The second kappa shape index (κ2) is 7.92. The van der Waals surface area contributed by atoms with E-state index in [2.05, 4.69) is 12.2 Å². The maximum absolute atomic E-state index is 10.5. The summed E-state index contributed by atoms with van der Waals surface area (Å²) in [7, 11) is 0. The molecule has 3 nitrogen and oxygen atoms in total. The maximum atomic E-state index is 10.5. The third kappa shape index (κ3) is 6.14. The van der Waals surface area contributed by atoms with Gasteiger partial charge >= 0.3 is 5.97 Å². The summed E-state index contributed by atoms with van der Waals surface area (Å²) in [5.74, 6) is 0.721. The van der Waals surface area contributed by atoms with Gasteiger partial charge in [-0.25, -0.2) is 0 Å². The van der Waals surface area contributed by atoms with Gasteiger partial charge in [-0.3, -0.25) is 4.79 Å². The minimum atomic E-state index is -0.926. The fourth-order valence-electron chi connectivity index (χ4n) is 1.23. The SMILES string of the molecule is N[C@@H](CCSC/C=C/c1ccccc1)C(=O)O. The van der Waals surface area contributed by atoms with Gasteiger partial charge in [0.15, 0.2) is 0 Å². The molecule has 0 bridgehead atoms. The fraction of sp³-hybridized carbons (Fsp3) is 0.308. The van der Waals surface area contributed by atoms with Gasteiger partial charge in [0.2, 0.25) is 0 Å². The molecule has 0 unspecified atom stereocenters. The van der Waals surface area contributed by atoms with Crippen molar-refractivity contribution < 1.29 is 9.90 Å². The van der Waals surface area contributed by atoms with Gasteiger partial charge in [-0.15, -0.1) is 0 Å². The molecule has 92 valence electrons. The van der Waals surface area contributed by atoms with E-state index >= 15 is 0 Å². The normalized spacial score (nSPS) is 12.8. The van der Waals surface area contributed by atoms with Crippen LogP contribution in [0.3, 0.4) is 0 Å². The third-order valence-electron chi connectivity index (χ3n) is 2.21. The average Bonchev–Trinajstić information content (AvgIpc) is 2.34. The second-order valence-corrected chi connectivity index (χ2v) is 4.77. The van der Waals surface area contributed by atoms with Crippen LogP contribution in [-0.4, -0.2) is 28.6 Å². The summed E-state index contributed by atoms with van der Waals surface area (Å²) >= 11 is 1.69. The predicted molar refractivity (Wildman–Crippen MR) is 73.0 cm³/mol. The van der Waals surface area contributed by atoms with Crippen LogP contribution in [0.15, 0.2) is 36.4 Å². The van der Waals surface area contributed by atoms with E-state index in [0.29, 0.717) is 6.42 Å². The number of carboxylic acids is 1. The van der Waals surface area contributed by atoms with E-state index in [1.54, 1.807) is 11.8 Å². The summed E-state index contributed by atoms with van der Waals surface area (Å²) < 4.78 is 0. The lowest BCUT2D eigenvalue weighted by molar-refractivity contribution is -0.138. The first-order chi connectivity index (χ1) is 8.20. The van der Waals surface area contributed by atoms with E-state index < -0.39 is 12.0 Å². The van der Waals surface area contributed by atoms with Gasteiger partial charge in [-0.1, -0.05) is 42.5 Å². The summed E-state index contributed by atoms with van der Waals surface area (Å²) in [6, 6.07) is 9.33. The summed E-state index contributed by atoms with van der Waals surface area (Å²) in [5.41, 5.74) is 6.57. The number of hydrogen-bond donors (Lipinski definition) is 2. The molecule has 4 heteroatoms. The van der Waals surface area contributed by atoms with E-state index in [1.807, 2.05) is 30.3 Å². The Kier molecular flexibility index (Phi) is 6.43. The standard InChI is InChI=1S/C13H17NO2S/c14-12(13(15)16)8-10-17-9-4-7-11-5-2-1-3-6-11/h1-7,12H,8-10,14H2,(H,15,16)/b7-4+/t12-/m0/s1. The van der Waals surface area contributed by atoms with E-state index in [4.69, 9.17) is 10.8 Å². The molecule has 17 heavy (non-hydrogen) atoms. The van der Waals surface area contributed by atoms with Crippen LogP contribution in [0.4, 0.5) is 0 Å². The Morgan fingerprint density at radius 1 is 1.41 bits per heavy atom. The van der Waals surface area contributed by atoms with E-state index in [1.165, 1.54) is 5.56 Å². The zero-order valence-corrected chi connectivity index (χ0v) is 10.4. The molecule has 1 aromatic rings. The van der Waals surface area contributed by atoms with Crippen LogP contribution in [0.25, 0.3) is 6.08 Å². The summed E-state index contributed by atoms with van der Waals surface area (Å²) in [5, 5.41) is 8.59. The molecule has 0 saturated carbocycles. The van der Waals surface area contributed by atoms with Crippen molar-refractivity contribution in [3.05, 3.63) is 42.0 Å². The van der Waals surface area contributed by atoms with Crippen LogP contribution >= 0.6 is 11.8 Å². The summed E-state index contributed by atoms with van der Waals surface area (Å²) in [4.78, 5) is 10.5. The Bertz CT molecular complexity index is 365. The number of hydrogen-bond acceptors (Lipinski definition) is 3. The van der Waals surface area contributed by atoms with Crippen LogP contribution < -0.4 is 5.73 Å². The third-order valence-corrected chi connectivity index (χ3v) is 3.17. The average molecular weight is 251 g/mol. The molecule has 0 radical (unpaired) electrons. The molecule has 1 rings (SSSR count). The largest absolute Gasteiger partial charge is 0.480 e. The minimum Gasteiger partial charge on any atom is -0.480 e. The Balaban J connectivity index is 2.12. The van der Waals surface area contributed by atoms with Crippen molar-refractivity contribution in [2.45, 2.75) is 12.5 Å². The first-order valence-electron chi connectivity index (χ1n) is 5.48. The Morgan fingerprint density at radius 2 is 2.12 bits per heavy atom. The minimum absolute atomic E-state index is 0.513. The number of nitrogens with two attached hydrogens (primary N) is 1. The monoisotopic (exact) mass is 251 g/mol. The molecule has 0 heterocycles. The molecule has 0 aromatic heterocycles. The van der Waals surface area contributed by atoms with Crippen LogP contribution in [-0.2, 0) is 4.79 Å². The van der Waals surface area contributed by atoms with Crippen molar-refractivity contribution in [1.82, 2.24) is 0 Å². The number of carbonyl (C=O) groups is 1. The molecule has 0 spiro atoms. The highest BCUT2D eigenvalue weighted by Gasteiger charge is 2.09. The van der Waals surface area contributed by atoms with Crippen molar-refractivity contribution in [1.29, 1.82) is 0 Å². The highest BCUT2D eigenvalue weighted by atomic mass is 32.2. The quantitative estimate of drug-likeness (QED) is 0.729. The van der Waals surface area contributed by atoms with Crippen molar-refractivity contribution in [2.75, 3.05) is 11.5 Å². The molecule has 1 aromatic carbocycles. The maximum Gasteiger partial charge on any atom is 0.320 e. The molecule has 0 aliphatic rings. The van der Waals surface area contributed by atoms with Gasteiger partial charge in [0.25, 0.3) is 0 Å². The van der Waals surface area contributed by atoms with Crippen LogP contribution in [0.2, 0.25) is 0 Å². The summed E-state index contributed by atoms with van der Waals surface area (Å²) in [6.45, 7) is 0. The lowest BCUT2D eigenvalue weighted by Gasteiger charge is -2.04. The summed E-state index contributed by atoms with van der Waals surface area (Å²) in [6.07, 6.45) is 4.65. The fourth-order valence-corrected chi connectivity index (χ4v) is 2.05. The van der Waals surface area contributed by atoms with Gasteiger partial charge < -0.3 is 10.8 Å². The second-order valence-electron chi connectivity index (χ2n) is 3.62. The van der Waals surface area contributed by atoms with Crippen molar-refractivity contribution >= 4 is 23.8 Å². The number of aliphatic carboxylic acids is 1. The Labute approximate surface area is 106 Å². The zero-order valence-electron chi connectivity index (χ0n) is 9.58. The molecule has 0 aliphatic heterocycles. The molecular formula is C13H17NO2S. The number of benzene rings is 1. The highest BCUT2D eigenvalue weighted by Crippen LogP contribution is 2.07. The topological polar surface area (TPSA) is 63.3 Å². The molecule has 0 fully saturated rings. The predicted octanol–water partition coefficient (Wildman–Crippen LogP) is 2.23. The Morgan fingerprint density at radius 3 is 2.76 bits per heavy atom. The number of carboxylic acid groups (broad SMARTS) is 1. The van der Waals surface area contributed by atoms with Crippen LogP contribution in [0.1, 0.15) is 12.0 Å². The van der Waals surface area contributed by atoms with E-state index in [9.17, 15) is 4.79 Å². The van der Waals surface area contributed by atoms with E-state index in [0.717, 1.165) is 11.5 Å². The smallest absolute Gasteiger partial charge is 0.320 e. The van der Waals surface area contributed by atoms with Gasteiger partial charge in [-0.2, -0.15) is 11.8 Å². The van der Waals surface area contributed by atoms with E-state index in [-0.39, 0.29) is 0 Å². The highest BCUT2D eigenvalue weighted by molar-refractivity contribution is 7.99. The first kappa shape index (κ1) is 13.8. The molecule has 0 aliphatic carbocycles. The van der Waals surface area contributed by atoms with Crippen molar-refractivity contribution in [3.63, 3.8) is 0 Å². The van der Waals surface area contributed by atoms with Crippen molar-refractivity contribution in [3.8, 4) is 0 Å².